The van der Waals surface area contributed by atoms with Gasteiger partial charge in [0, 0.05) is 6.04 Å². The summed E-state index contributed by atoms with van der Waals surface area (Å²) in [5.74, 6) is 2.11. The van der Waals surface area contributed by atoms with Crippen LogP contribution in [0.2, 0.25) is 0 Å². The fraction of sp³-hybridized carbons (Fsp3) is 1.00. The predicted octanol–water partition coefficient (Wildman–Crippen LogP) is 2.56. The van der Waals surface area contributed by atoms with Crippen LogP contribution in [0.25, 0.3) is 0 Å². The van der Waals surface area contributed by atoms with E-state index in [4.69, 9.17) is 0 Å². The van der Waals surface area contributed by atoms with Crippen LogP contribution in [0.3, 0.4) is 0 Å². The van der Waals surface area contributed by atoms with Crippen LogP contribution in [-0.4, -0.2) is 12.6 Å². The van der Waals surface area contributed by atoms with Gasteiger partial charge in [-0.25, -0.2) is 0 Å². The van der Waals surface area contributed by atoms with Gasteiger partial charge in [-0.05, 0) is 24.8 Å². The number of nitrogens with one attached hydrogen (secondary N) is 1. The number of hydrogen-bond donors (Lipinski definition) is 1. The molecule has 0 aromatic heterocycles. The topological polar surface area (TPSA) is 12.0 Å². The molecule has 2 unspecified atom stereocenters. The molecule has 70 valence electrons. The summed E-state index contributed by atoms with van der Waals surface area (Å²) in [5, 5.41) is 3.54. The van der Waals surface area contributed by atoms with Crippen molar-refractivity contribution in [1.82, 2.24) is 5.32 Å². The molecule has 0 radical (unpaired) electrons. The summed E-state index contributed by atoms with van der Waals surface area (Å²) in [7, 11) is 0. The van der Waals surface area contributed by atoms with Crippen molar-refractivity contribution in [1.29, 1.82) is 0 Å². The maximum atomic E-state index is 3.54. The van der Waals surface area contributed by atoms with Crippen LogP contribution in [0, 0.1) is 11.8 Å². The summed E-state index contributed by atoms with van der Waals surface area (Å²) in [6, 6.07) is 0.869. The van der Waals surface area contributed by atoms with Gasteiger partial charge < -0.3 is 5.32 Å². The molecule has 1 aliphatic heterocycles. The summed E-state index contributed by atoms with van der Waals surface area (Å²) in [5.41, 5.74) is 0. The lowest BCUT2D eigenvalue weighted by Gasteiger charge is -2.44. The van der Waals surface area contributed by atoms with Crippen molar-refractivity contribution in [2.24, 2.45) is 11.8 Å². The van der Waals surface area contributed by atoms with Gasteiger partial charge in [0.1, 0.15) is 0 Å². The Bertz CT molecular complexity index is 136. The Balaban J connectivity index is 1.82. The third-order valence-corrected chi connectivity index (χ3v) is 3.83. The van der Waals surface area contributed by atoms with E-state index in [1.165, 1.54) is 45.1 Å². The molecule has 2 atom stereocenters. The Labute approximate surface area is 75.9 Å². The molecule has 1 saturated carbocycles. The predicted molar refractivity (Wildman–Crippen MR) is 52.1 cm³/mol. The van der Waals surface area contributed by atoms with Crippen molar-refractivity contribution >= 4 is 0 Å². The van der Waals surface area contributed by atoms with E-state index >= 15 is 0 Å². The van der Waals surface area contributed by atoms with Gasteiger partial charge in [-0.3, -0.25) is 0 Å². The third-order valence-electron chi connectivity index (χ3n) is 3.83. The molecule has 2 aliphatic rings. The van der Waals surface area contributed by atoms with Crippen LogP contribution >= 0.6 is 0 Å². The molecule has 1 aliphatic carbocycles. The first-order valence-corrected chi connectivity index (χ1v) is 5.65. The molecule has 0 spiro atoms. The Morgan fingerprint density at radius 3 is 2.42 bits per heavy atom. The van der Waals surface area contributed by atoms with E-state index in [2.05, 4.69) is 12.2 Å². The molecule has 0 amide bonds. The van der Waals surface area contributed by atoms with Crippen molar-refractivity contribution < 1.29 is 0 Å². The van der Waals surface area contributed by atoms with Gasteiger partial charge >= 0.3 is 0 Å². The van der Waals surface area contributed by atoms with Crippen LogP contribution in [0.4, 0.5) is 0 Å². The lowest BCUT2D eigenvalue weighted by Crippen LogP contribution is -2.55. The third kappa shape index (κ3) is 1.52. The zero-order valence-electron chi connectivity index (χ0n) is 8.18. The van der Waals surface area contributed by atoms with Gasteiger partial charge in [-0.1, -0.05) is 39.0 Å². The SMILES string of the molecule is CCC1NCC1C1CCCCC1. The van der Waals surface area contributed by atoms with Crippen LogP contribution in [0.1, 0.15) is 45.4 Å². The second kappa shape index (κ2) is 3.78. The van der Waals surface area contributed by atoms with E-state index in [1.807, 2.05) is 0 Å². The highest BCUT2D eigenvalue weighted by Crippen LogP contribution is 2.35. The first kappa shape index (κ1) is 8.55. The minimum atomic E-state index is 0.869. The normalized spacial score (nSPS) is 37.8. The Kier molecular flexibility index (Phi) is 2.69. The van der Waals surface area contributed by atoms with Crippen LogP contribution < -0.4 is 5.32 Å². The number of rotatable bonds is 2. The summed E-state index contributed by atoms with van der Waals surface area (Å²) < 4.78 is 0. The average molecular weight is 167 g/mol. The molecule has 1 saturated heterocycles. The molecule has 0 aromatic carbocycles. The van der Waals surface area contributed by atoms with Gasteiger partial charge in [0.2, 0.25) is 0 Å². The average Bonchev–Trinajstić information content (AvgIpc) is 2.05. The van der Waals surface area contributed by atoms with E-state index in [1.54, 1.807) is 0 Å². The van der Waals surface area contributed by atoms with Crippen LogP contribution in [0.15, 0.2) is 0 Å². The fourth-order valence-electron chi connectivity index (χ4n) is 2.93. The van der Waals surface area contributed by atoms with Gasteiger partial charge in [0.15, 0.2) is 0 Å². The highest BCUT2D eigenvalue weighted by atomic mass is 15.0. The van der Waals surface area contributed by atoms with Gasteiger partial charge in [0.25, 0.3) is 0 Å². The standard InChI is InChI=1S/C11H21N/c1-2-11-10(8-12-11)9-6-4-3-5-7-9/h9-12H,2-8H2,1H3. The van der Waals surface area contributed by atoms with Gasteiger partial charge in [-0.15, -0.1) is 0 Å². The van der Waals surface area contributed by atoms with E-state index in [0.29, 0.717) is 0 Å². The molecular weight excluding hydrogens is 146 g/mol. The molecule has 1 heteroatoms. The van der Waals surface area contributed by atoms with E-state index in [9.17, 15) is 0 Å². The van der Waals surface area contributed by atoms with Crippen molar-refractivity contribution in [3.8, 4) is 0 Å². The highest BCUT2D eigenvalue weighted by molar-refractivity contribution is 4.91. The van der Waals surface area contributed by atoms with Gasteiger partial charge in [0.05, 0.1) is 0 Å². The molecule has 1 nitrogen and oxygen atoms in total. The summed E-state index contributed by atoms with van der Waals surface area (Å²) >= 11 is 0. The monoisotopic (exact) mass is 167 g/mol. The Morgan fingerprint density at radius 1 is 1.17 bits per heavy atom. The summed E-state index contributed by atoms with van der Waals surface area (Å²) in [6.07, 6.45) is 8.86. The quantitative estimate of drug-likeness (QED) is 0.666. The molecule has 0 bridgehead atoms. The van der Waals surface area contributed by atoms with Crippen LogP contribution in [0.5, 0.6) is 0 Å². The van der Waals surface area contributed by atoms with E-state index in [0.717, 1.165) is 17.9 Å². The summed E-state index contributed by atoms with van der Waals surface area (Å²) in [6.45, 7) is 3.62. The fourth-order valence-corrected chi connectivity index (χ4v) is 2.93. The second-order valence-corrected chi connectivity index (χ2v) is 4.48. The molecule has 1 heterocycles. The van der Waals surface area contributed by atoms with Crippen molar-refractivity contribution in [2.75, 3.05) is 6.54 Å². The smallest absolute Gasteiger partial charge is 0.0108 e. The number of hydrogen-bond acceptors (Lipinski definition) is 1. The second-order valence-electron chi connectivity index (χ2n) is 4.48. The Hall–Kier alpha value is -0.0400. The van der Waals surface area contributed by atoms with Crippen molar-refractivity contribution in [2.45, 2.75) is 51.5 Å². The Morgan fingerprint density at radius 2 is 1.92 bits per heavy atom. The molecule has 2 rings (SSSR count). The largest absolute Gasteiger partial charge is 0.313 e. The van der Waals surface area contributed by atoms with Crippen molar-refractivity contribution in [3.63, 3.8) is 0 Å². The maximum Gasteiger partial charge on any atom is 0.0108 e. The van der Waals surface area contributed by atoms with Crippen molar-refractivity contribution in [3.05, 3.63) is 0 Å². The molecular formula is C11H21N. The van der Waals surface area contributed by atoms with E-state index < -0.39 is 0 Å². The van der Waals surface area contributed by atoms with E-state index in [-0.39, 0.29) is 0 Å². The van der Waals surface area contributed by atoms with Crippen LogP contribution in [-0.2, 0) is 0 Å². The minimum Gasteiger partial charge on any atom is -0.313 e. The maximum absolute atomic E-state index is 3.54. The summed E-state index contributed by atoms with van der Waals surface area (Å²) in [4.78, 5) is 0. The first-order valence-electron chi connectivity index (χ1n) is 5.65. The molecule has 2 fully saturated rings. The molecule has 0 aromatic rings. The minimum absolute atomic E-state index is 0.869. The zero-order valence-corrected chi connectivity index (χ0v) is 8.18. The molecule has 1 N–H and O–H groups in total. The first-order chi connectivity index (χ1) is 5.92. The highest BCUT2D eigenvalue weighted by Gasteiger charge is 2.35. The zero-order chi connectivity index (χ0) is 8.39. The lowest BCUT2D eigenvalue weighted by molar-refractivity contribution is 0.118. The van der Waals surface area contributed by atoms with Gasteiger partial charge in [-0.2, -0.15) is 0 Å². The lowest BCUT2D eigenvalue weighted by atomic mass is 9.72. The molecule has 12 heavy (non-hydrogen) atoms.